The number of aryl methyl sites for hydroxylation is 1. The Labute approximate surface area is 224 Å². The van der Waals surface area contributed by atoms with Gasteiger partial charge in [0.05, 0.1) is 6.04 Å². The number of hydrogen-bond acceptors (Lipinski definition) is 5. The summed E-state index contributed by atoms with van der Waals surface area (Å²) in [5.41, 5.74) is 3.44. The van der Waals surface area contributed by atoms with Crippen molar-refractivity contribution < 1.29 is 18.3 Å². The molecule has 0 aromatic heterocycles. The highest BCUT2D eigenvalue weighted by molar-refractivity contribution is 7.90. The van der Waals surface area contributed by atoms with Gasteiger partial charge >= 0.3 is 0 Å². The molecule has 0 bridgehead atoms. The van der Waals surface area contributed by atoms with E-state index in [1.165, 1.54) is 0 Å². The Hall–Kier alpha value is -2.87. The molecule has 0 aliphatic carbocycles. The number of halogens is 1. The zero-order valence-corrected chi connectivity index (χ0v) is 22.9. The summed E-state index contributed by atoms with van der Waals surface area (Å²) in [6.45, 7) is 5.46. The van der Waals surface area contributed by atoms with Gasteiger partial charge in [-0.15, -0.1) is 0 Å². The second-order valence-corrected chi connectivity index (χ2v) is 12.0. The number of benzene rings is 3. The molecule has 2 atom stereocenters. The van der Waals surface area contributed by atoms with Crippen LogP contribution in [0.5, 0.6) is 0 Å². The van der Waals surface area contributed by atoms with Gasteiger partial charge in [0.25, 0.3) is 6.02 Å². The predicted octanol–water partition coefficient (Wildman–Crippen LogP) is 6.21. The van der Waals surface area contributed by atoms with Crippen molar-refractivity contribution in [3.05, 3.63) is 94.5 Å². The van der Waals surface area contributed by atoms with Crippen LogP contribution in [-0.2, 0) is 21.2 Å². The predicted molar refractivity (Wildman–Crippen MR) is 149 cm³/mol. The number of aliphatic hydroxyl groups excluding tert-OH is 1. The van der Waals surface area contributed by atoms with Crippen molar-refractivity contribution in [3.8, 4) is 11.1 Å². The van der Waals surface area contributed by atoms with E-state index in [2.05, 4.69) is 16.6 Å². The summed E-state index contributed by atoms with van der Waals surface area (Å²) in [4.78, 5) is 4.60. The highest BCUT2D eigenvalue weighted by Gasteiger charge is 2.48. The lowest BCUT2D eigenvalue weighted by atomic mass is 9.95. The first kappa shape index (κ1) is 27.2. The lowest BCUT2D eigenvalue weighted by Gasteiger charge is -2.39. The van der Waals surface area contributed by atoms with E-state index in [4.69, 9.17) is 16.3 Å². The van der Waals surface area contributed by atoms with Crippen molar-refractivity contribution in [3.63, 3.8) is 0 Å². The smallest absolute Gasteiger partial charge is 0.299 e. The van der Waals surface area contributed by atoms with Gasteiger partial charge in [0.15, 0.2) is 0 Å². The van der Waals surface area contributed by atoms with E-state index in [9.17, 15) is 13.5 Å². The van der Waals surface area contributed by atoms with E-state index in [0.29, 0.717) is 17.0 Å². The highest BCUT2D eigenvalue weighted by atomic mass is 35.5. The van der Waals surface area contributed by atoms with Crippen LogP contribution in [0.1, 0.15) is 61.6 Å². The molecule has 2 N–H and O–H groups in total. The van der Waals surface area contributed by atoms with Crippen LogP contribution in [0.15, 0.2) is 77.8 Å². The maximum absolute atomic E-state index is 13.5. The first-order valence-corrected chi connectivity index (χ1v) is 14.4. The van der Waals surface area contributed by atoms with Gasteiger partial charge < -0.3 is 9.84 Å². The molecule has 1 fully saturated rings. The van der Waals surface area contributed by atoms with Gasteiger partial charge in [0.2, 0.25) is 10.0 Å². The van der Waals surface area contributed by atoms with Gasteiger partial charge in [-0.3, -0.25) is 0 Å². The molecule has 3 aromatic carbocycles. The molecule has 0 saturated carbocycles. The fraction of sp³-hybridized carbons (Fsp3) is 0.345. The Morgan fingerprint density at radius 1 is 1.05 bits per heavy atom. The third-order valence-electron chi connectivity index (χ3n) is 6.50. The Morgan fingerprint density at radius 2 is 1.73 bits per heavy atom. The molecule has 0 amide bonds. The summed E-state index contributed by atoms with van der Waals surface area (Å²) >= 11 is 6.34. The number of hydrogen-bond donors (Lipinski definition) is 2. The Morgan fingerprint density at radius 3 is 2.35 bits per heavy atom. The first-order valence-electron chi connectivity index (χ1n) is 12.5. The van der Waals surface area contributed by atoms with Gasteiger partial charge in [-0.1, -0.05) is 91.7 Å². The quantitative estimate of drug-likeness (QED) is 0.355. The first-order chi connectivity index (χ1) is 17.6. The van der Waals surface area contributed by atoms with E-state index >= 15 is 0 Å². The van der Waals surface area contributed by atoms with Gasteiger partial charge in [-0.2, -0.15) is 0 Å². The summed E-state index contributed by atoms with van der Waals surface area (Å²) in [5.74, 6) is 0. The molecule has 0 radical (unpaired) electrons. The number of sulfonamides is 1. The van der Waals surface area contributed by atoms with Crippen LogP contribution in [0.4, 0.5) is 0 Å². The molecule has 1 saturated heterocycles. The van der Waals surface area contributed by atoms with Crippen molar-refractivity contribution in [2.24, 2.45) is 4.99 Å². The van der Waals surface area contributed by atoms with Crippen LogP contribution >= 0.6 is 11.6 Å². The van der Waals surface area contributed by atoms with Crippen LogP contribution < -0.4 is 4.72 Å². The number of nitrogens with zero attached hydrogens (tertiary/aromatic N) is 1. The van der Waals surface area contributed by atoms with Crippen LogP contribution in [0.2, 0.25) is 5.02 Å². The number of aliphatic imine (C=N–C) groups is 1. The van der Waals surface area contributed by atoms with Crippen molar-refractivity contribution in [2.45, 2.75) is 56.9 Å². The third-order valence-corrected chi connectivity index (χ3v) is 8.79. The number of rotatable bonds is 8. The summed E-state index contributed by atoms with van der Waals surface area (Å²) in [6.07, 6.45) is 2.07. The molecule has 2 unspecified atom stereocenters. The van der Waals surface area contributed by atoms with E-state index in [0.717, 1.165) is 35.1 Å². The maximum atomic E-state index is 13.5. The van der Waals surface area contributed by atoms with Gasteiger partial charge in [-0.25, -0.2) is 18.1 Å². The molecular formula is C29H33ClN2O4S. The van der Waals surface area contributed by atoms with Crippen LogP contribution in [0.3, 0.4) is 0 Å². The molecule has 4 rings (SSSR count). The monoisotopic (exact) mass is 540 g/mol. The van der Waals surface area contributed by atoms with Crippen LogP contribution in [0.25, 0.3) is 11.1 Å². The molecule has 3 aromatic rings. The lowest BCUT2D eigenvalue weighted by molar-refractivity contribution is 0.0759. The number of amidine groups is 1. The fourth-order valence-corrected chi connectivity index (χ4v) is 6.80. The van der Waals surface area contributed by atoms with Crippen molar-refractivity contribution in [2.75, 3.05) is 6.61 Å². The molecule has 0 spiro atoms. The van der Waals surface area contributed by atoms with Crippen molar-refractivity contribution in [1.82, 2.24) is 4.72 Å². The second-order valence-electron chi connectivity index (χ2n) is 9.78. The minimum absolute atomic E-state index is 0.0763. The standard InChI is InChI=1S/C29H33ClN2O4S/c1-4-8-23-19-24(15-16-25(23)30)26(17-18-33)31-28-32-37(34,35)27(29(2,3)36-28)22-13-11-21(12-14-22)20-9-6-5-7-10-20/h5-7,9-16,19,26-27,33H,4,8,17-18H2,1-3H3,(H,31,32). The molecule has 1 aliphatic heterocycles. The molecule has 196 valence electrons. The molecule has 1 aliphatic rings. The molecule has 6 nitrogen and oxygen atoms in total. The van der Waals surface area contributed by atoms with Crippen molar-refractivity contribution >= 4 is 27.6 Å². The highest BCUT2D eigenvalue weighted by Crippen LogP contribution is 2.40. The van der Waals surface area contributed by atoms with Crippen molar-refractivity contribution in [1.29, 1.82) is 0 Å². The normalized spacial score (nSPS) is 20.1. The van der Waals surface area contributed by atoms with Gasteiger partial charge in [-0.05, 0) is 60.6 Å². The summed E-state index contributed by atoms with van der Waals surface area (Å²) in [6, 6.07) is 22.5. The Bertz CT molecular complexity index is 1360. The van der Waals surface area contributed by atoms with Gasteiger partial charge in [0, 0.05) is 11.6 Å². The maximum Gasteiger partial charge on any atom is 0.299 e. The molecule has 37 heavy (non-hydrogen) atoms. The summed E-state index contributed by atoms with van der Waals surface area (Å²) in [7, 11) is -3.87. The fourth-order valence-electron chi connectivity index (χ4n) is 4.82. The number of nitrogens with one attached hydrogen (secondary N) is 1. The topological polar surface area (TPSA) is 88.0 Å². The zero-order valence-electron chi connectivity index (χ0n) is 21.3. The average molecular weight is 541 g/mol. The molecule has 1 heterocycles. The average Bonchev–Trinajstić information content (AvgIpc) is 2.85. The SMILES string of the molecule is CCCc1cc(C(CCO)N=C2NS(=O)(=O)C(c3ccc(-c4ccccc4)cc3)C(C)(C)O2)ccc1Cl. The number of aliphatic hydroxyl groups is 1. The Balaban J connectivity index is 1.63. The Kier molecular flexibility index (Phi) is 8.26. The van der Waals surface area contributed by atoms with E-state index in [1.807, 2.05) is 72.8 Å². The van der Waals surface area contributed by atoms with E-state index in [1.54, 1.807) is 13.8 Å². The second kappa shape index (κ2) is 11.3. The third kappa shape index (κ3) is 6.17. The van der Waals surface area contributed by atoms with E-state index in [-0.39, 0.29) is 12.6 Å². The number of ether oxygens (including phenoxy) is 1. The van der Waals surface area contributed by atoms with Crippen LogP contribution in [0, 0.1) is 0 Å². The molecular weight excluding hydrogens is 508 g/mol. The van der Waals surface area contributed by atoms with Gasteiger partial charge in [0.1, 0.15) is 10.9 Å². The summed E-state index contributed by atoms with van der Waals surface area (Å²) in [5, 5.41) is 9.42. The zero-order chi connectivity index (χ0) is 26.6. The largest absolute Gasteiger partial charge is 0.457 e. The van der Waals surface area contributed by atoms with Crippen LogP contribution in [-0.4, -0.2) is 31.8 Å². The molecule has 8 heteroatoms. The lowest BCUT2D eigenvalue weighted by Crippen LogP contribution is -2.53. The summed E-state index contributed by atoms with van der Waals surface area (Å²) < 4.78 is 35.7. The minimum atomic E-state index is -3.87. The minimum Gasteiger partial charge on any atom is -0.457 e. The van der Waals surface area contributed by atoms with E-state index < -0.39 is 26.9 Å².